The largest absolute Gasteiger partial charge is 0.407 e. The zero-order valence-corrected chi connectivity index (χ0v) is 11.4. The van der Waals surface area contributed by atoms with E-state index >= 15 is 0 Å². The monoisotopic (exact) mass is 240 g/mol. The molecule has 0 aliphatic rings. The fourth-order valence-corrected chi connectivity index (χ4v) is 1.63. The fraction of sp³-hybridized carbons (Fsp3) is 0.833. The van der Waals surface area contributed by atoms with E-state index in [9.17, 15) is 0 Å². The van der Waals surface area contributed by atoms with Gasteiger partial charge >= 0.3 is 6.01 Å². The summed E-state index contributed by atoms with van der Waals surface area (Å²) in [6, 6.07) is 1.04. The van der Waals surface area contributed by atoms with Crippen molar-refractivity contribution in [2.75, 3.05) is 18.5 Å². The molecule has 0 aliphatic heterocycles. The first-order valence-corrected chi connectivity index (χ1v) is 6.44. The highest BCUT2D eigenvalue weighted by Crippen LogP contribution is 2.15. The smallest absolute Gasteiger partial charge is 0.318 e. The lowest BCUT2D eigenvalue weighted by molar-refractivity contribution is 0.452. The molecule has 1 heterocycles. The van der Waals surface area contributed by atoms with E-state index in [1.54, 1.807) is 0 Å². The quantitative estimate of drug-likeness (QED) is 0.706. The third-order valence-electron chi connectivity index (χ3n) is 2.83. The average molecular weight is 240 g/mol. The molecule has 17 heavy (non-hydrogen) atoms. The Morgan fingerprint density at radius 3 is 2.71 bits per heavy atom. The van der Waals surface area contributed by atoms with Crippen molar-refractivity contribution in [3.63, 3.8) is 0 Å². The maximum absolute atomic E-state index is 5.60. The van der Waals surface area contributed by atoms with Gasteiger partial charge in [0.25, 0.3) is 0 Å². The Hall–Kier alpha value is -1.10. The molecule has 0 aliphatic carbocycles. The molecule has 5 nitrogen and oxygen atoms in total. The van der Waals surface area contributed by atoms with Crippen LogP contribution in [0.3, 0.4) is 0 Å². The van der Waals surface area contributed by atoms with Crippen molar-refractivity contribution >= 4 is 6.01 Å². The van der Waals surface area contributed by atoms with E-state index < -0.39 is 0 Å². The van der Waals surface area contributed by atoms with Crippen LogP contribution >= 0.6 is 0 Å². The lowest BCUT2D eigenvalue weighted by atomic mass is 10.2. The van der Waals surface area contributed by atoms with Crippen molar-refractivity contribution in [1.29, 1.82) is 0 Å². The van der Waals surface area contributed by atoms with Crippen LogP contribution in [0.5, 0.6) is 0 Å². The summed E-state index contributed by atoms with van der Waals surface area (Å²) < 4.78 is 5.60. The number of nitrogens with one attached hydrogen (secondary N) is 1. The highest BCUT2D eigenvalue weighted by Gasteiger charge is 2.15. The molecule has 0 amide bonds. The second-order valence-corrected chi connectivity index (χ2v) is 4.40. The highest BCUT2D eigenvalue weighted by molar-refractivity contribution is 5.23. The van der Waals surface area contributed by atoms with E-state index in [1.807, 2.05) is 11.9 Å². The minimum Gasteiger partial charge on any atom is -0.407 e. The minimum atomic E-state index is 0.428. The van der Waals surface area contributed by atoms with E-state index in [-0.39, 0.29) is 0 Å². The van der Waals surface area contributed by atoms with Gasteiger partial charge in [-0.1, -0.05) is 25.4 Å². The summed E-state index contributed by atoms with van der Waals surface area (Å²) in [6.07, 6.45) is 3.39. The molecular weight excluding hydrogens is 216 g/mol. The average Bonchev–Trinajstić information content (AvgIpc) is 2.77. The predicted octanol–water partition coefficient (Wildman–Crippen LogP) is 2.19. The molecule has 0 saturated carbocycles. The van der Waals surface area contributed by atoms with E-state index in [0.29, 0.717) is 24.5 Å². The predicted molar refractivity (Wildman–Crippen MR) is 69.1 cm³/mol. The third-order valence-corrected chi connectivity index (χ3v) is 2.83. The van der Waals surface area contributed by atoms with Crippen LogP contribution in [-0.2, 0) is 6.54 Å². The molecule has 0 saturated heterocycles. The molecular formula is C12H24N4O. The summed E-state index contributed by atoms with van der Waals surface area (Å²) in [7, 11) is 2.00. The molecule has 1 unspecified atom stereocenters. The van der Waals surface area contributed by atoms with Gasteiger partial charge in [0.1, 0.15) is 0 Å². The number of hydrogen-bond donors (Lipinski definition) is 1. The van der Waals surface area contributed by atoms with Gasteiger partial charge in [-0.25, -0.2) is 0 Å². The number of rotatable bonds is 8. The number of nitrogens with zero attached hydrogens (tertiary/aromatic N) is 3. The van der Waals surface area contributed by atoms with Gasteiger partial charge < -0.3 is 14.6 Å². The Morgan fingerprint density at radius 1 is 1.29 bits per heavy atom. The Bertz CT molecular complexity index is 313. The first kappa shape index (κ1) is 14.0. The number of anilines is 1. The van der Waals surface area contributed by atoms with Gasteiger partial charge in [0.15, 0.2) is 0 Å². The molecule has 1 aromatic rings. The Balaban J connectivity index is 2.48. The topological polar surface area (TPSA) is 54.2 Å². The van der Waals surface area contributed by atoms with E-state index in [2.05, 4.69) is 36.3 Å². The van der Waals surface area contributed by atoms with Gasteiger partial charge in [-0.15, -0.1) is 5.10 Å². The first-order chi connectivity index (χ1) is 8.19. The summed E-state index contributed by atoms with van der Waals surface area (Å²) >= 11 is 0. The molecule has 0 spiro atoms. The summed E-state index contributed by atoms with van der Waals surface area (Å²) in [5.74, 6) is 0.656. The molecule has 98 valence electrons. The van der Waals surface area contributed by atoms with Crippen molar-refractivity contribution in [3.8, 4) is 0 Å². The summed E-state index contributed by atoms with van der Waals surface area (Å²) in [5, 5.41) is 11.3. The van der Waals surface area contributed by atoms with Crippen LogP contribution in [-0.4, -0.2) is 29.8 Å². The molecule has 1 atom stereocenters. The van der Waals surface area contributed by atoms with E-state index in [4.69, 9.17) is 4.42 Å². The van der Waals surface area contributed by atoms with Crippen molar-refractivity contribution in [3.05, 3.63) is 5.89 Å². The van der Waals surface area contributed by atoms with Crippen LogP contribution in [0, 0.1) is 0 Å². The Morgan fingerprint density at radius 2 is 2.06 bits per heavy atom. The lowest BCUT2D eigenvalue weighted by Gasteiger charge is -2.21. The zero-order chi connectivity index (χ0) is 12.7. The van der Waals surface area contributed by atoms with Crippen molar-refractivity contribution in [2.45, 2.75) is 52.6 Å². The van der Waals surface area contributed by atoms with Crippen LogP contribution < -0.4 is 10.2 Å². The van der Waals surface area contributed by atoms with Gasteiger partial charge in [0.2, 0.25) is 5.89 Å². The molecule has 0 aromatic carbocycles. The molecule has 1 rings (SSSR count). The van der Waals surface area contributed by atoms with Crippen LogP contribution in [0.2, 0.25) is 0 Å². The van der Waals surface area contributed by atoms with E-state index in [1.165, 1.54) is 0 Å². The van der Waals surface area contributed by atoms with Crippen LogP contribution in [0.25, 0.3) is 0 Å². The number of hydrogen-bond acceptors (Lipinski definition) is 5. The maximum atomic E-state index is 5.60. The fourth-order valence-electron chi connectivity index (χ4n) is 1.63. The summed E-state index contributed by atoms with van der Waals surface area (Å²) in [5.41, 5.74) is 0. The normalized spacial score (nSPS) is 12.7. The van der Waals surface area contributed by atoms with Gasteiger partial charge in [0.05, 0.1) is 6.54 Å². The minimum absolute atomic E-state index is 0.428. The second kappa shape index (κ2) is 7.27. The lowest BCUT2D eigenvalue weighted by Crippen LogP contribution is -2.28. The zero-order valence-electron chi connectivity index (χ0n) is 11.4. The summed E-state index contributed by atoms with van der Waals surface area (Å²) in [4.78, 5) is 2.04. The Labute approximate surface area is 104 Å². The molecule has 0 bridgehead atoms. The number of aromatic nitrogens is 2. The highest BCUT2D eigenvalue weighted by atomic mass is 16.4. The van der Waals surface area contributed by atoms with Crippen molar-refractivity contribution < 1.29 is 4.42 Å². The van der Waals surface area contributed by atoms with Gasteiger partial charge in [-0.3, -0.25) is 0 Å². The molecule has 5 heteroatoms. The van der Waals surface area contributed by atoms with Gasteiger partial charge in [-0.05, 0) is 26.3 Å². The van der Waals surface area contributed by atoms with Crippen molar-refractivity contribution in [1.82, 2.24) is 15.5 Å². The van der Waals surface area contributed by atoms with Crippen LogP contribution in [0.15, 0.2) is 4.42 Å². The standard InChI is InChI=1S/C12H24N4O/c1-5-7-10(3)16(4)12-15-14-11(17-12)9-13-8-6-2/h10,13H,5-9H2,1-4H3. The van der Waals surface area contributed by atoms with Crippen LogP contribution in [0.4, 0.5) is 6.01 Å². The van der Waals surface area contributed by atoms with Gasteiger partial charge in [-0.2, -0.15) is 0 Å². The maximum Gasteiger partial charge on any atom is 0.318 e. The second-order valence-electron chi connectivity index (χ2n) is 4.40. The molecule has 1 N–H and O–H groups in total. The Kier molecular flexibility index (Phi) is 5.97. The SMILES string of the molecule is CCCNCc1nnc(N(C)C(C)CCC)o1. The molecule has 1 aromatic heterocycles. The van der Waals surface area contributed by atoms with E-state index in [0.717, 1.165) is 25.8 Å². The van der Waals surface area contributed by atoms with Crippen LogP contribution in [0.1, 0.15) is 45.9 Å². The van der Waals surface area contributed by atoms with Gasteiger partial charge in [0, 0.05) is 13.1 Å². The molecule has 0 fully saturated rings. The molecule has 0 radical (unpaired) electrons. The summed E-state index contributed by atoms with van der Waals surface area (Å²) in [6.45, 7) is 8.10. The van der Waals surface area contributed by atoms with Crippen molar-refractivity contribution in [2.24, 2.45) is 0 Å². The third kappa shape index (κ3) is 4.34. The first-order valence-electron chi connectivity index (χ1n) is 6.44.